The third kappa shape index (κ3) is 5.44. The van der Waals surface area contributed by atoms with Crippen LogP contribution in [0.5, 0.6) is 0 Å². The Bertz CT molecular complexity index is 1470. The predicted octanol–water partition coefficient (Wildman–Crippen LogP) is 7.20. The maximum Gasteiger partial charge on any atom is 0.349 e. The van der Waals surface area contributed by atoms with Crippen molar-refractivity contribution in [3.8, 4) is 0 Å². The van der Waals surface area contributed by atoms with Gasteiger partial charge in [0, 0.05) is 31.5 Å². The number of urea groups is 1. The number of nitrogens with one attached hydrogen (secondary N) is 1. The Labute approximate surface area is 237 Å². The molecule has 0 atom stereocenters. The van der Waals surface area contributed by atoms with Gasteiger partial charge < -0.3 is 5.32 Å². The standard InChI is InChI=1S/C34H37N5O/c1-24-21-31-30(23-28(24)16-13-25-9-5-3-6-10-25)33(27-11-7-4-8-12-27)37-38(2)34(40)39(31)29-17-14-26(15-18-29)22-32-35-19-20-36-32/h3,5-6,9-10,13-18,21,23,27H,4,7-8,11-12,19-20,22H2,1-2H3,(H,35,36). The second-order valence-corrected chi connectivity index (χ2v) is 11.0. The average molecular weight is 532 g/mol. The number of benzene rings is 3. The smallest absolute Gasteiger partial charge is 0.349 e. The highest BCUT2D eigenvalue weighted by atomic mass is 16.2. The van der Waals surface area contributed by atoms with Crippen molar-refractivity contribution in [1.82, 2.24) is 10.3 Å². The third-order valence-corrected chi connectivity index (χ3v) is 8.18. The van der Waals surface area contributed by atoms with Crippen LogP contribution >= 0.6 is 0 Å². The van der Waals surface area contributed by atoms with Gasteiger partial charge in [0.15, 0.2) is 0 Å². The summed E-state index contributed by atoms with van der Waals surface area (Å²) < 4.78 is 0. The minimum atomic E-state index is -0.145. The molecule has 2 heterocycles. The first-order chi connectivity index (χ1) is 19.6. The van der Waals surface area contributed by atoms with Crippen LogP contribution in [0.15, 0.2) is 76.8 Å². The van der Waals surface area contributed by atoms with E-state index in [1.54, 1.807) is 7.05 Å². The minimum Gasteiger partial charge on any atom is -0.372 e. The highest BCUT2D eigenvalue weighted by molar-refractivity contribution is 6.14. The topological polar surface area (TPSA) is 60.3 Å². The number of hydrazone groups is 1. The zero-order chi connectivity index (χ0) is 27.5. The molecule has 2 aliphatic heterocycles. The van der Waals surface area contributed by atoms with Crippen molar-refractivity contribution in [2.45, 2.75) is 45.4 Å². The molecule has 0 saturated heterocycles. The highest BCUT2D eigenvalue weighted by Gasteiger charge is 2.33. The van der Waals surface area contributed by atoms with Gasteiger partial charge in [-0.3, -0.25) is 9.89 Å². The summed E-state index contributed by atoms with van der Waals surface area (Å²) in [6, 6.07) is 22.9. The van der Waals surface area contributed by atoms with E-state index in [-0.39, 0.29) is 6.03 Å². The molecule has 3 aromatic carbocycles. The summed E-state index contributed by atoms with van der Waals surface area (Å²) in [6.45, 7) is 3.87. The number of aryl methyl sites for hydroxylation is 1. The van der Waals surface area contributed by atoms with Crippen LogP contribution in [0.4, 0.5) is 16.2 Å². The van der Waals surface area contributed by atoms with Crippen molar-refractivity contribution in [2.75, 3.05) is 25.0 Å². The number of nitrogens with zero attached hydrogens (tertiary/aromatic N) is 4. The third-order valence-electron chi connectivity index (χ3n) is 8.18. The Kier molecular flexibility index (Phi) is 7.49. The van der Waals surface area contributed by atoms with E-state index in [1.807, 2.05) is 23.1 Å². The molecular formula is C34H37N5O. The summed E-state index contributed by atoms with van der Waals surface area (Å²) >= 11 is 0. The largest absolute Gasteiger partial charge is 0.372 e. The molecule has 6 rings (SSSR count). The second-order valence-electron chi connectivity index (χ2n) is 11.0. The van der Waals surface area contributed by atoms with Crippen molar-refractivity contribution in [1.29, 1.82) is 0 Å². The van der Waals surface area contributed by atoms with Crippen LogP contribution in [-0.4, -0.2) is 42.7 Å². The Hall–Kier alpha value is -4.19. The monoisotopic (exact) mass is 531 g/mol. The van der Waals surface area contributed by atoms with Gasteiger partial charge in [0.05, 0.1) is 23.6 Å². The number of anilines is 2. The van der Waals surface area contributed by atoms with Crippen LogP contribution in [-0.2, 0) is 6.42 Å². The lowest BCUT2D eigenvalue weighted by molar-refractivity contribution is 0.220. The Morgan fingerprint density at radius 3 is 2.48 bits per heavy atom. The molecule has 1 saturated carbocycles. The van der Waals surface area contributed by atoms with Gasteiger partial charge in [0.1, 0.15) is 5.84 Å². The van der Waals surface area contributed by atoms with E-state index in [4.69, 9.17) is 5.10 Å². The van der Waals surface area contributed by atoms with E-state index >= 15 is 0 Å². The maximum absolute atomic E-state index is 13.9. The van der Waals surface area contributed by atoms with Crippen LogP contribution in [0, 0.1) is 12.8 Å². The fraction of sp³-hybridized carbons (Fsp3) is 0.324. The zero-order valence-corrected chi connectivity index (χ0v) is 23.4. The first kappa shape index (κ1) is 26.1. The molecule has 1 N–H and O–H groups in total. The normalized spacial score (nSPS) is 17.9. The molecule has 0 spiro atoms. The molecule has 3 aliphatic rings. The van der Waals surface area contributed by atoms with Gasteiger partial charge >= 0.3 is 6.03 Å². The lowest BCUT2D eigenvalue weighted by Gasteiger charge is -2.27. The Balaban J connectivity index is 1.42. The number of hydrogen-bond donors (Lipinski definition) is 1. The summed E-state index contributed by atoms with van der Waals surface area (Å²) in [6.07, 6.45) is 11.0. The van der Waals surface area contributed by atoms with Crippen molar-refractivity contribution >= 4 is 41.1 Å². The predicted molar refractivity (Wildman–Crippen MR) is 165 cm³/mol. The van der Waals surface area contributed by atoms with Gasteiger partial charge in [-0.15, -0.1) is 0 Å². The van der Waals surface area contributed by atoms with Crippen LogP contribution in [0.25, 0.3) is 12.2 Å². The molecule has 0 bridgehead atoms. The molecule has 0 unspecified atom stereocenters. The van der Waals surface area contributed by atoms with Crippen LogP contribution in [0.2, 0.25) is 0 Å². The van der Waals surface area contributed by atoms with Crippen LogP contribution in [0.1, 0.15) is 59.9 Å². The molecule has 1 fully saturated rings. The molecule has 1 aliphatic carbocycles. The number of aliphatic imine (C=N–C) groups is 1. The fourth-order valence-corrected chi connectivity index (χ4v) is 5.98. The van der Waals surface area contributed by atoms with Crippen LogP contribution in [0.3, 0.4) is 0 Å². The van der Waals surface area contributed by atoms with E-state index < -0.39 is 0 Å². The SMILES string of the molecule is Cc1cc2c(cc1C=Cc1ccccc1)C(C1CCCCC1)=NN(C)C(=O)N2c1ccc(CC2=NCCN2)cc1. The number of amidine groups is 1. The summed E-state index contributed by atoms with van der Waals surface area (Å²) in [5.41, 5.74) is 8.43. The van der Waals surface area contributed by atoms with Gasteiger partial charge in [-0.1, -0.05) is 73.9 Å². The minimum absolute atomic E-state index is 0.145. The summed E-state index contributed by atoms with van der Waals surface area (Å²) in [7, 11) is 1.78. The van der Waals surface area contributed by atoms with Gasteiger partial charge in [-0.25, -0.2) is 9.80 Å². The van der Waals surface area contributed by atoms with Gasteiger partial charge in [0.25, 0.3) is 0 Å². The molecule has 6 nitrogen and oxygen atoms in total. The first-order valence-electron chi connectivity index (χ1n) is 14.5. The van der Waals surface area contributed by atoms with E-state index in [9.17, 15) is 4.79 Å². The molecule has 0 radical (unpaired) electrons. The van der Waals surface area contributed by atoms with E-state index in [1.165, 1.54) is 29.8 Å². The lowest BCUT2D eigenvalue weighted by atomic mass is 9.82. The van der Waals surface area contributed by atoms with Crippen molar-refractivity contribution < 1.29 is 4.79 Å². The number of amides is 2. The van der Waals surface area contributed by atoms with Crippen molar-refractivity contribution in [3.05, 3.63) is 94.5 Å². The first-order valence-corrected chi connectivity index (χ1v) is 14.5. The fourth-order valence-electron chi connectivity index (χ4n) is 5.98. The summed E-state index contributed by atoms with van der Waals surface area (Å²) in [4.78, 5) is 20.3. The van der Waals surface area contributed by atoms with E-state index in [2.05, 4.69) is 77.9 Å². The molecule has 40 heavy (non-hydrogen) atoms. The van der Waals surface area contributed by atoms with E-state index in [0.29, 0.717) is 5.92 Å². The molecule has 6 heteroatoms. The Morgan fingerprint density at radius 2 is 1.75 bits per heavy atom. The van der Waals surface area contributed by atoms with Crippen LogP contribution < -0.4 is 10.2 Å². The number of carbonyl (C=O) groups excluding carboxylic acids is 1. The second kappa shape index (κ2) is 11.5. The quantitative estimate of drug-likeness (QED) is 0.342. The number of rotatable bonds is 6. The van der Waals surface area contributed by atoms with Gasteiger partial charge in [-0.2, -0.15) is 5.10 Å². The number of fused-ring (bicyclic) bond motifs is 1. The lowest BCUT2D eigenvalue weighted by Crippen LogP contribution is -2.34. The highest BCUT2D eigenvalue weighted by Crippen LogP contribution is 2.39. The Morgan fingerprint density at radius 1 is 0.975 bits per heavy atom. The maximum atomic E-state index is 13.9. The van der Waals surface area contributed by atoms with Gasteiger partial charge in [0.2, 0.25) is 0 Å². The molecule has 2 amide bonds. The molecule has 204 valence electrons. The van der Waals surface area contributed by atoms with Gasteiger partial charge in [-0.05, 0) is 66.3 Å². The van der Waals surface area contributed by atoms with Crippen molar-refractivity contribution in [3.63, 3.8) is 0 Å². The number of hydrogen-bond acceptors (Lipinski definition) is 4. The molecule has 3 aromatic rings. The van der Waals surface area contributed by atoms with E-state index in [0.717, 1.165) is 77.5 Å². The van der Waals surface area contributed by atoms with Crippen molar-refractivity contribution in [2.24, 2.45) is 16.0 Å². The average Bonchev–Trinajstić information content (AvgIpc) is 3.47. The number of carbonyl (C=O) groups is 1. The zero-order valence-electron chi connectivity index (χ0n) is 23.4. The summed E-state index contributed by atoms with van der Waals surface area (Å²) in [5, 5.41) is 9.86. The molecule has 0 aromatic heterocycles. The summed E-state index contributed by atoms with van der Waals surface area (Å²) in [5.74, 6) is 1.37. The molecular weight excluding hydrogens is 494 g/mol.